The maximum atomic E-state index is 12.5. The van der Waals surface area contributed by atoms with Crippen LogP contribution in [0, 0.1) is 0 Å². The summed E-state index contributed by atoms with van der Waals surface area (Å²) >= 11 is 2.45. The lowest BCUT2D eigenvalue weighted by molar-refractivity contribution is 0.0607. The number of rotatable bonds is 6. The molecule has 0 bridgehead atoms. The molecule has 0 aromatic carbocycles. The van der Waals surface area contributed by atoms with Crippen LogP contribution in [0.25, 0.3) is 10.2 Å². The lowest BCUT2D eigenvalue weighted by atomic mass is 10.2. The third-order valence-corrected chi connectivity index (χ3v) is 6.02. The highest BCUT2D eigenvalue weighted by Crippen LogP contribution is 2.36. The molecule has 3 heterocycles. The molecule has 0 atom stereocenters. The van der Waals surface area contributed by atoms with Gasteiger partial charge in [-0.25, -0.2) is 9.78 Å². The summed E-state index contributed by atoms with van der Waals surface area (Å²) in [6, 6.07) is 4.19. The van der Waals surface area contributed by atoms with Crippen molar-refractivity contribution in [2.75, 3.05) is 19.5 Å². The van der Waals surface area contributed by atoms with Gasteiger partial charge in [-0.15, -0.1) is 22.7 Å². The third-order valence-electron chi connectivity index (χ3n) is 4.17. The van der Waals surface area contributed by atoms with E-state index in [0.717, 1.165) is 5.69 Å². The number of ether oxygens (including phenoxy) is 1. The maximum Gasteiger partial charge on any atom is 0.350 e. The largest absolute Gasteiger partial charge is 0.465 e. The number of hydrogen-bond acceptors (Lipinski definition) is 8. The number of nitrogens with one attached hydrogen (secondary N) is 1. The average Bonchev–Trinajstić information content (AvgIpc) is 3.29. The maximum absolute atomic E-state index is 12.5. The van der Waals surface area contributed by atoms with E-state index in [1.54, 1.807) is 5.51 Å². The third kappa shape index (κ3) is 4.15. The van der Waals surface area contributed by atoms with Crippen molar-refractivity contribution in [3.63, 3.8) is 0 Å². The van der Waals surface area contributed by atoms with E-state index < -0.39 is 5.97 Å². The topological polar surface area (TPSA) is 84.4 Å². The number of aromatic nitrogens is 2. The molecule has 0 unspecified atom stereocenters. The van der Waals surface area contributed by atoms with Crippen molar-refractivity contribution in [3.8, 4) is 0 Å². The Morgan fingerprint density at radius 1 is 1.33 bits per heavy atom. The molecular formula is C18H20N4O3S2. The van der Waals surface area contributed by atoms with E-state index in [4.69, 9.17) is 4.74 Å². The predicted octanol–water partition coefficient (Wildman–Crippen LogP) is 3.63. The Labute approximate surface area is 165 Å². The van der Waals surface area contributed by atoms with Gasteiger partial charge in [-0.3, -0.25) is 14.7 Å². The summed E-state index contributed by atoms with van der Waals surface area (Å²) in [5.74, 6) is -0.815. The van der Waals surface area contributed by atoms with Gasteiger partial charge < -0.3 is 10.1 Å². The van der Waals surface area contributed by atoms with E-state index in [-0.39, 0.29) is 5.91 Å². The summed E-state index contributed by atoms with van der Waals surface area (Å²) in [7, 11) is 3.35. The van der Waals surface area contributed by atoms with Crippen LogP contribution < -0.4 is 5.32 Å². The number of carbonyl (C=O) groups is 2. The van der Waals surface area contributed by atoms with Crippen molar-refractivity contribution >= 4 is 50.5 Å². The van der Waals surface area contributed by atoms with E-state index in [0.29, 0.717) is 38.2 Å². The molecule has 0 saturated carbocycles. The molecule has 0 aliphatic rings. The molecule has 1 amide bonds. The zero-order chi connectivity index (χ0) is 19.6. The van der Waals surface area contributed by atoms with Crippen LogP contribution >= 0.6 is 22.7 Å². The first-order valence-corrected chi connectivity index (χ1v) is 10.0. The van der Waals surface area contributed by atoms with Crippen LogP contribution in [0.1, 0.15) is 38.9 Å². The average molecular weight is 405 g/mol. The minimum absolute atomic E-state index is 0.314. The van der Waals surface area contributed by atoms with Crippen LogP contribution in [-0.4, -0.2) is 46.9 Å². The number of amides is 1. The van der Waals surface area contributed by atoms with Crippen molar-refractivity contribution in [2.45, 2.75) is 26.4 Å². The first-order valence-electron chi connectivity index (χ1n) is 8.31. The quantitative estimate of drug-likeness (QED) is 0.632. The Kier molecular flexibility index (Phi) is 5.83. The van der Waals surface area contributed by atoms with E-state index in [2.05, 4.69) is 34.0 Å². The Balaban J connectivity index is 1.99. The van der Waals surface area contributed by atoms with Gasteiger partial charge in [0.1, 0.15) is 14.6 Å². The van der Waals surface area contributed by atoms with Crippen LogP contribution in [0.2, 0.25) is 0 Å². The van der Waals surface area contributed by atoms with Gasteiger partial charge in [0.05, 0.1) is 30.2 Å². The number of thiazole rings is 1. The number of fused-ring (bicyclic) bond motifs is 1. The van der Waals surface area contributed by atoms with Gasteiger partial charge in [-0.2, -0.15) is 0 Å². The molecule has 0 fully saturated rings. The standard InChI is InChI=1S/C18H20N4O3S2/c1-10(2)22(3)8-11-5-6-12-14(21-16(23)13-7-19-9-26-13)15(18(24)25-4)27-17(12)20-11/h5-7,9-10H,8H2,1-4H3,(H,21,23). The molecule has 0 radical (unpaired) electrons. The number of anilines is 1. The summed E-state index contributed by atoms with van der Waals surface area (Å²) in [6.07, 6.45) is 1.49. The lowest BCUT2D eigenvalue weighted by Gasteiger charge is -2.20. The summed E-state index contributed by atoms with van der Waals surface area (Å²) in [4.78, 5) is 36.9. The smallest absolute Gasteiger partial charge is 0.350 e. The van der Waals surface area contributed by atoms with Crippen LogP contribution in [0.15, 0.2) is 23.8 Å². The van der Waals surface area contributed by atoms with Crippen LogP contribution in [0.3, 0.4) is 0 Å². The van der Waals surface area contributed by atoms with Crippen molar-refractivity contribution in [2.24, 2.45) is 0 Å². The Morgan fingerprint density at radius 3 is 2.74 bits per heavy atom. The SMILES string of the molecule is COC(=O)c1sc2nc(CN(C)C(C)C)ccc2c1NC(=O)c1cncs1. The second kappa shape index (κ2) is 8.12. The van der Waals surface area contributed by atoms with E-state index >= 15 is 0 Å². The van der Waals surface area contributed by atoms with Crippen molar-refractivity contribution < 1.29 is 14.3 Å². The van der Waals surface area contributed by atoms with Gasteiger partial charge in [0.25, 0.3) is 5.91 Å². The number of pyridine rings is 1. The molecule has 3 aromatic rings. The zero-order valence-corrected chi connectivity index (χ0v) is 17.1. The van der Waals surface area contributed by atoms with Gasteiger partial charge in [-0.05, 0) is 33.0 Å². The lowest BCUT2D eigenvalue weighted by Crippen LogP contribution is -2.25. The first kappa shape index (κ1) is 19.4. The zero-order valence-electron chi connectivity index (χ0n) is 15.5. The minimum atomic E-state index is -0.501. The summed E-state index contributed by atoms with van der Waals surface area (Å²) in [5.41, 5.74) is 2.91. The molecule has 0 saturated heterocycles. The monoisotopic (exact) mass is 404 g/mol. The number of hydrogen-bond donors (Lipinski definition) is 1. The number of methoxy groups -OCH3 is 1. The molecule has 1 N–H and O–H groups in total. The van der Waals surface area contributed by atoms with Crippen molar-refractivity contribution in [1.82, 2.24) is 14.9 Å². The minimum Gasteiger partial charge on any atom is -0.465 e. The second-order valence-corrected chi connectivity index (χ2v) is 8.17. The van der Waals surface area contributed by atoms with Gasteiger partial charge in [0, 0.05) is 18.0 Å². The molecule has 7 nitrogen and oxygen atoms in total. The highest BCUT2D eigenvalue weighted by Gasteiger charge is 2.23. The summed E-state index contributed by atoms with van der Waals surface area (Å²) in [6.45, 7) is 4.93. The summed E-state index contributed by atoms with van der Waals surface area (Å²) < 4.78 is 4.88. The molecule has 0 spiro atoms. The molecule has 27 heavy (non-hydrogen) atoms. The molecular weight excluding hydrogens is 384 g/mol. The van der Waals surface area contributed by atoms with Crippen molar-refractivity contribution in [1.29, 1.82) is 0 Å². The number of carbonyl (C=O) groups excluding carboxylic acids is 2. The molecule has 0 aliphatic carbocycles. The fourth-order valence-corrected chi connectivity index (χ4v) is 3.99. The fraction of sp³-hybridized carbons (Fsp3) is 0.333. The number of nitrogens with zero attached hydrogens (tertiary/aromatic N) is 3. The van der Waals surface area contributed by atoms with Crippen molar-refractivity contribution in [3.05, 3.63) is 39.3 Å². The normalized spacial score (nSPS) is 11.3. The van der Waals surface area contributed by atoms with E-state index in [9.17, 15) is 9.59 Å². The van der Waals surface area contributed by atoms with Gasteiger partial charge in [0.2, 0.25) is 0 Å². The van der Waals surface area contributed by atoms with E-state index in [1.165, 1.54) is 36.0 Å². The molecule has 3 rings (SSSR count). The first-order chi connectivity index (χ1) is 12.9. The molecule has 3 aromatic heterocycles. The Hall–Kier alpha value is -2.36. The molecule has 9 heteroatoms. The van der Waals surface area contributed by atoms with Crippen LogP contribution in [0.5, 0.6) is 0 Å². The van der Waals surface area contributed by atoms with E-state index in [1.807, 2.05) is 19.2 Å². The second-order valence-electron chi connectivity index (χ2n) is 6.28. The Morgan fingerprint density at radius 2 is 2.11 bits per heavy atom. The molecule has 0 aliphatic heterocycles. The molecule has 142 valence electrons. The van der Waals surface area contributed by atoms with Crippen LogP contribution in [0.4, 0.5) is 5.69 Å². The predicted molar refractivity (Wildman–Crippen MR) is 108 cm³/mol. The highest BCUT2D eigenvalue weighted by molar-refractivity contribution is 7.21. The van der Waals surface area contributed by atoms with Gasteiger partial charge in [-0.1, -0.05) is 0 Å². The van der Waals surface area contributed by atoms with Gasteiger partial charge in [0.15, 0.2) is 0 Å². The fourth-order valence-electron chi connectivity index (χ4n) is 2.41. The van der Waals surface area contributed by atoms with Crippen LogP contribution in [-0.2, 0) is 11.3 Å². The number of esters is 1. The Bertz CT molecular complexity index is 967. The number of thiophene rings is 1. The summed E-state index contributed by atoms with van der Waals surface area (Å²) in [5, 5.41) is 3.54. The van der Waals surface area contributed by atoms with Gasteiger partial charge >= 0.3 is 5.97 Å². The highest BCUT2D eigenvalue weighted by atomic mass is 32.1.